The largest absolute Gasteiger partial charge is 0.362 e. The minimum absolute atomic E-state index is 0.240. The Labute approximate surface area is 89.9 Å². The topological polar surface area (TPSA) is 9.23 Å². The number of hydrogen-bond donors (Lipinski definition) is 0. The van der Waals surface area contributed by atoms with E-state index in [0.29, 0.717) is 5.41 Å². The Kier molecular flexibility index (Phi) is 2.84. The van der Waals surface area contributed by atoms with E-state index < -0.39 is 0 Å². The van der Waals surface area contributed by atoms with Crippen molar-refractivity contribution in [2.75, 3.05) is 12.4 Å². The van der Waals surface area contributed by atoms with Crippen LogP contribution in [0.5, 0.6) is 0 Å². The van der Waals surface area contributed by atoms with Gasteiger partial charge in [-0.05, 0) is 11.0 Å². The standard InChI is InChI=1S/C12H16OS/c1-12(2)8-13-11(14-9-12)10-6-4-3-5-7-10/h3-7,11H,8-9H2,1-2H3. The third-order valence-corrected chi connectivity index (χ3v) is 3.98. The molecule has 1 aromatic rings. The van der Waals surface area contributed by atoms with E-state index in [1.165, 1.54) is 11.3 Å². The van der Waals surface area contributed by atoms with Crippen molar-refractivity contribution in [3.8, 4) is 0 Å². The lowest BCUT2D eigenvalue weighted by atomic mass is 9.98. The molecule has 14 heavy (non-hydrogen) atoms. The molecule has 0 bridgehead atoms. The summed E-state index contributed by atoms with van der Waals surface area (Å²) < 4.78 is 5.84. The zero-order valence-electron chi connectivity index (χ0n) is 8.69. The fourth-order valence-electron chi connectivity index (χ4n) is 1.49. The summed E-state index contributed by atoms with van der Waals surface area (Å²) in [6, 6.07) is 10.4. The van der Waals surface area contributed by atoms with E-state index in [2.05, 4.69) is 38.1 Å². The van der Waals surface area contributed by atoms with Crippen LogP contribution in [0.4, 0.5) is 0 Å². The van der Waals surface area contributed by atoms with Crippen LogP contribution in [-0.2, 0) is 4.74 Å². The highest BCUT2D eigenvalue weighted by atomic mass is 32.2. The Morgan fingerprint density at radius 1 is 1.29 bits per heavy atom. The smallest absolute Gasteiger partial charge is 0.128 e. The quantitative estimate of drug-likeness (QED) is 0.699. The maximum atomic E-state index is 5.84. The SMILES string of the molecule is CC1(C)COC(c2ccccc2)SC1. The van der Waals surface area contributed by atoms with Crippen LogP contribution < -0.4 is 0 Å². The number of hydrogen-bond acceptors (Lipinski definition) is 2. The molecular formula is C12H16OS. The van der Waals surface area contributed by atoms with Crippen LogP contribution in [0.3, 0.4) is 0 Å². The van der Waals surface area contributed by atoms with E-state index in [-0.39, 0.29) is 5.44 Å². The highest BCUT2D eigenvalue weighted by molar-refractivity contribution is 7.99. The van der Waals surface area contributed by atoms with E-state index in [1.807, 2.05) is 17.8 Å². The predicted octanol–water partition coefficient (Wildman–Crippen LogP) is 3.47. The number of thioether (sulfide) groups is 1. The van der Waals surface area contributed by atoms with Gasteiger partial charge in [-0.15, -0.1) is 11.8 Å². The van der Waals surface area contributed by atoms with Gasteiger partial charge in [0.25, 0.3) is 0 Å². The van der Waals surface area contributed by atoms with Crippen molar-refractivity contribution in [3.05, 3.63) is 35.9 Å². The number of ether oxygens (including phenoxy) is 1. The van der Waals surface area contributed by atoms with Gasteiger partial charge < -0.3 is 4.74 Å². The Morgan fingerprint density at radius 2 is 2.00 bits per heavy atom. The maximum Gasteiger partial charge on any atom is 0.128 e. The minimum atomic E-state index is 0.240. The summed E-state index contributed by atoms with van der Waals surface area (Å²) in [4.78, 5) is 0. The maximum absolute atomic E-state index is 5.84. The average Bonchev–Trinajstić information content (AvgIpc) is 2.19. The lowest BCUT2D eigenvalue weighted by Crippen LogP contribution is -2.28. The molecule has 0 amide bonds. The Balaban J connectivity index is 2.03. The average molecular weight is 208 g/mol. The Hall–Kier alpha value is -0.470. The van der Waals surface area contributed by atoms with Gasteiger partial charge in [-0.1, -0.05) is 44.2 Å². The van der Waals surface area contributed by atoms with Gasteiger partial charge in [-0.2, -0.15) is 0 Å². The molecule has 76 valence electrons. The molecule has 2 heteroatoms. The molecule has 0 spiro atoms. The summed E-state index contributed by atoms with van der Waals surface area (Å²) in [7, 11) is 0. The first-order valence-corrected chi connectivity index (χ1v) is 6.00. The van der Waals surface area contributed by atoms with Crippen molar-refractivity contribution in [1.82, 2.24) is 0 Å². The molecule has 1 nitrogen and oxygen atoms in total. The van der Waals surface area contributed by atoms with Gasteiger partial charge in [-0.3, -0.25) is 0 Å². The molecule has 0 N–H and O–H groups in total. The Morgan fingerprint density at radius 3 is 2.57 bits per heavy atom. The van der Waals surface area contributed by atoms with E-state index in [4.69, 9.17) is 4.74 Å². The minimum Gasteiger partial charge on any atom is -0.362 e. The van der Waals surface area contributed by atoms with Crippen LogP contribution in [0.1, 0.15) is 24.8 Å². The van der Waals surface area contributed by atoms with Crippen LogP contribution in [0.25, 0.3) is 0 Å². The second-order valence-electron chi connectivity index (χ2n) is 4.53. The second kappa shape index (κ2) is 3.95. The van der Waals surface area contributed by atoms with Crippen molar-refractivity contribution in [3.63, 3.8) is 0 Å². The molecule has 1 saturated heterocycles. The van der Waals surface area contributed by atoms with Gasteiger partial charge in [0.05, 0.1) is 6.61 Å². The van der Waals surface area contributed by atoms with E-state index in [1.54, 1.807) is 0 Å². The molecule has 1 atom stereocenters. The molecule has 1 heterocycles. The molecule has 1 aromatic carbocycles. The van der Waals surface area contributed by atoms with Crippen LogP contribution >= 0.6 is 11.8 Å². The highest BCUT2D eigenvalue weighted by Crippen LogP contribution is 2.40. The number of benzene rings is 1. The van der Waals surface area contributed by atoms with Gasteiger partial charge in [0.15, 0.2) is 0 Å². The zero-order valence-corrected chi connectivity index (χ0v) is 9.51. The van der Waals surface area contributed by atoms with Gasteiger partial charge >= 0.3 is 0 Å². The van der Waals surface area contributed by atoms with Crippen molar-refractivity contribution < 1.29 is 4.74 Å². The normalized spacial score (nSPS) is 26.0. The predicted molar refractivity (Wildman–Crippen MR) is 61.4 cm³/mol. The molecular weight excluding hydrogens is 192 g/mol. The fourth-order valence-corrected chi connectivity index (χ4v) is 2.69. The van der Waals surface area contributed by atoms with Gasteiger partial charge in [-0.25, -0.2) is 0 Å². The summed E-state index contributed by atoms with van der Waals surface area (Å²) >= 11 is 1.90. The highest BCUT2D eigenvalue weighted by Gasteiger charge is 2.28. The molecule has 1 aliphatic heterocycles. The summed E-state index contributed by atoms with van der Waals surface area (Å²) in [6.07, 6.45) is 0. The van der Waals surface area contributed by atoms with Crippen LogP contribution in [0.2, 0.25) is 0 Å². The molecule has 1 fully saturated rings. The summed E-state index contributed by atoms with van der Waals surface area (Å²) in [6.45, 7) is 5.36. The lowest BCUT2D eigenvalue weighted by molar-refractivity contribution is 0.0440. The Bertz CT molecular complexity index is 284. The molecule has 0 aromatic heterocycles. The van der Waals surface area contributed by atoms with Crippen LogP contribution in [0.15, 0.2) is 30.3 Å². The summed E-state index contributed by atoms with van der Waals surface area (Å²) in [5, 5.41) is 0. The van der Waals surface area contributed by atoms with Crippen molar-refractivity contribution >= 4 is 11.8 Å². The molecule has 0 aliphatic carbocycles. The lowest BCUT2D eigenvalue weighted by Gasteiger charge is -2.34. The molecule has 0 saturated carbocycles. The molecule has 1 aliphatic rings. The third-order valence-electron chi connectivity index (χ3n) is 2.32. The van der Waals surface area contributed by atoms with Crippen LogP contribution in [-0.4, -0.2) is 12.4 Å². The molecule has 2 rings (SSSR count). The number of rotatable bonds is 1. The second-order valence-corrected chi connectivity index (χ2v) is 5.58. The molecule has 0 radical (unpaired) electrons. The van der Waals surface area contributed by atoms with E-state index >= 15 is 0 Å². The van der Waals surface area contributed by atoms with Crippen molar-refractivity contribution in [1.29, 1.82) is 0 Å². The van der Waals surface area contributed by atoms with Crippen molar-refractivity contribution in [2.45, 2.75) is 19.3 Å². The van der Waals surface area contributed by atoms with Gasteiger partial charge in [0.2, 0.25) is 0 Å². The molecule has 1 unspecified atom stereocenters. The van der Waals surface area contributed by atoms with Crippen LogP contribution in [0, 0.1) is 5.41 Å². The van der Waals surface area contributed by atoms with Gasteiger partial charge in [0.1, 0.15) is 5.44 Å². The third kappa shape index (κ3) is 2.31. The summed E-state index contributed by atoms with van der Waals surface area (Å²) in [5.74, 6) is 1.17. The monoisotopic (exact) mass is 208 g/mol. The van der Waals surface area contributed by atoms with E-state index in [9.17, 15) is 0 Å². The van der Waals surface area contributed by atoms with E-state index in [0.717, 1.165) is 6.61 Å². The first-order chi connectivity index (χ1) is 6.67. The first-order valence-electron chi connectivity index (χ1n) is 4.96. The fraction of sp³-hybridized carbons (Fsp3) is 0.500. The van der Waals surface area contributed by atoms with Crippen molar-refractivity contribution in [2.24, 2.45) is 5.41 Å². The zero-order chi connectivity index (χ0) is 10.0. The first kappa shape index (κ1) is 10.1. The summed E-state index contributed by atoms with van der Waals surface area (Å²) in [5.41, 5.74) is 1.85. The van der Waals surface area contributed by atoms with Gasteiger partial charge in [0, 0.05) is 5.75 Å².